The Morgan fingerprint density at radius 2 is 1.62 bits per heavy atom. The first-order valence-electron chi connectivity index (χ1n) is 5.70. The second-order valence-electron chi connectivity index (χ2n) is 4.43. The summed E-state index contributed by atoms with van der Waals surface area (Å²) in [6, 6.07) is 0. The van der Waals surface area contributed by atoms with Crippen LogP contribution in [0.3, 0.4) is 0 Å². The third-order valence-corrected chi connectivity index (χ3v) is 5.09. The molecule has 2 aliphatic rings. The number of hydrogen-bond acceptors (Lipinski definition) is 2. The first-order chi connectivity index (χ1) is 6.36. The normalized spacial score (nSPS) is 36.7. The van der Waals surface area contributed by atoms with Crippen molar-refractivity contribution in [2.45, 2.75) is 68.0 Å². The van der Waals surface area contributed by atoms with Gasteiger partial charge in [-0.05, 0) is 32.1 Å². The van der Waals surface area contributed by atoms with E-state index >= 15 is 0 Å². The third kappa shape index (κ3) is 2.63. The summed E-state index contributed by atoms with van der Waals surface area (Å²) in [5.41, 5.74) is 0. The summed E-state index contributed by atoms with van der Waals surface area (Å²) >= 11 is 2.09. The molecule has 76 valence electrons. The van der Waals surface area contributed by atoms with Crippen LogP contribution in [0.25, 0.3) is 0 Å². The molecule has 0 aromatic heterocycles. The molecule has 0 unspecified atom stereocenters. The molecule has 2 atom stereocenters. The number of thioether (sulfide) groups is 1. The highest BCUT2D eigenvalue weighted by atomic mass is 32.2. The fourth-order valence-electron chi connectivity index (χ4n) is 2.51. The van der Waals surface area contributed by atoms with Gasteiger partial charge in [-0.1, -0.05) is 19.3 Å². The monoisotopic (exact) mass is 200 g/mol. The van der Waals surface area contributed by atoms with Crippen LogP contribution in [-0.4, -0.2) is 21.7 Å². The lowest BCUT2D eigenvalue weighted by Gasteiger charge is -2.25. The summed E-state index contributed by atoms with van der Waals surface area (Å²) < 4.78 is 0. The van der Waals surface area contributed by atoms with E-state index in [9.17, 15) is 5.11 Å². The molecule has 0 bridgehead atoms. The fraction of sp³-hybridized carbons (Fsp3) is 1.00. The molecule has 2 heteroatoms. The van der Waals surface area contributed by atoms with E-state index in [-0.39, 0.29) is 6.10 Å². The predicted molar refractivity (Wildman–Crippen MR) is 58.1 cm³/mol. The van der Waals surface area contributed by atoms with Crippen LogP contribution in [0.2, 0.25) is 0 Å². The third-order valence-electron chi connectivity index (χ3n) is 3.34. The summed E-state index contributed by atoms with van der Waals surface area (Å²) in [5.74, 6) is 0. The predicted octanol–water partition coefficient (Wildman–Crippen LogP) is 2.97. The summed E-state index contributed by atoms with van der Waals surface area (Å²) in [4.78, 5) is 0. The van der Waals surface area contributed by atoms with Gasteiger partial charge in [0.25, 0.3) is 0 Å². The summed E-state index contributed by atoms with van der Waals surface area (Å²) in [5, 5.41) is 11.1. The van der Waals surface area contributed by atoms with Gasteiger partial charge >= 0.3 is 0 Å². The summed E-state index contributed by atoms with van der Waals surface area (Å²) in [7, 11) is 0. The van der Waals surface area contributed by atoms with E-state index in [1.54, 1.807) is 0 Å². The van der Waals surface area contributed by atoms with E-state index in [2.05, 4.69) is 11.8 Å². The molecule has 0 saturated heterocycles. The second kappa shape index (κ2) is 4.70. The minimum absolute atomic E-state index is 0.00641. The van der Waals surface area contributed by atoms with Crippen LogP contribution in [0.15, 0.2) is 0 Å². The molecule has 2 fully saturated rings. The molecule has 2 saturated carbocycles. The summed E-state index contributed by atoms with van der Waals surface area (Å²) in [6.07, 6.45) is 10.6. The Morgan fingerprint density at radius 3 is 2.23 bits per heavy atom. The zero-order valence-electron chi connectivity index (χ0n) is 8.24. The molecule has 0 amide bonds. The van der Waals surface area contributed by atoms with Crippen molar-refractivity contribution in [3.05, 3.63) is 0 Å². The first-order valence-corrected chi connectivity index (χ1v) is 6.64. The van der Waals surface area contributed by atoms with Crippen molar-refractivity contribution in [1.29, 1.82) is 0 Å². The highest BCUT2D eigenvalue weighted by Crippen LogP contribution is 2.37. The SMILES string of the molecule is O[C@H]1CCC[C@@H]1SC1CCCCC1. The average Bonchev–Trinajstić information content (AvgIpc) is 2.54. The molecule has 0 aromatic carbocycles. The van der Waals surface area contributed by atoms with Gasteiger partial charge in [0.15, 0.2) is 0 Å². The van der Waals surface area contributed by atoms with Crippen LogP contribution in [0.4, 0.5) is 0 Å². The number of aliphatic hydroxyl groups excluding tert-OH is 1. The maximum Gasteiger partial charge on any atom is 0.0658 e. The molecule has 2 rings (SSSR count). The molecule has 0 aromatic rings. The van der Waals surface area contributed by atoms with Crippen LogP contribution in [0.5, 0.6) is 0 Å². The van der Waals surface area contributed by atoms with Crippen molar-refractivity contribution in [3.8, 4) is 0 Å². The summed E-state index contributed by atoms with van der Waals surface area (Å²) in [6.45, 7) is 0. The highest BCUT2D eigenvalue weighted by Gasteiger charge is 2.28. The zero-order valence-corrected chi connectivity index (χ0v) is 9.06. The molecule has 2 aliphatic carbocycles. The number of hydrogen-bond donors (Lipinski definition) is 1. The van der Waals surface area contributed by atoms with Crippen molar-refractivity contribution in [1.82, 2.24) is 0 Å². The first kappa shape index (κ1) is 9.85. The average molecular weight is 200 g/mol. The van der Waals surface area contributed by atoms with Crippen LogP contribution >= 0.6 is 11.8 Å². The maximum atomic E-state index is 9.70. The highest BCUT2D eigenvalue weighted by molar-refractivity contribution is 8.00. The van der Waals surface area contributed by atoms with Gasteiger partial charge in [-0.15, -0.1) is 0 Å². The van der Waals surface area contributed by atoms with Crippen LogP contribution < -0.4 is 0 Å². The molecular weight excluding hydrogens is 180 g/mol. The lowest BCUT2D eigenvalue weighted by Crippen LogP contribution is -2.20. The van der Waals surface area contributed by atoms with Crippen LogP contribution in [-0.2, 0) is 0 Å². The lowest BCUT2D eigenvalue weighted by atomic mass is 10.0. The van der Waals surface area contributed by atoms with Crippen molar-refractivity contribution in [2.24, 2.45) is 0 Å². The van der Waals surface area contributed by atoms with E-state index in [4.69, 9.17) is 0 Å². The standard InChI is InChI=1S/C11H20OS/c12-10-7-4-8-11(10)13-9-5-2-1-3-6-9/h9-12H,1-8H2/t10-,11-/m0/s1. The van der Waals surface area contributed by atoms with E-state index in [1.165, 1.54) is 44.9 Å². The Labute approximate surface area is 85.3 Å². The van der Waals surface area contributed by atoms with Crippen molar-refractivity contribution in [3.63, 3.8) is 0 Å². The topological polar surface area (TPSA) is 20.2 Å². The van der Waals surface area contributed by atoms with Gasteiger partial charge in [0.05, 0.1) is 6.10 Å². The Balaban J connectivity index is 1.75. The number of rotatable bonds is 2. The fourth-order valence-corrected chi connectivity index (χ4v) is 4.23. The molecule has 0 aliphatic heterocycles. The molecule has 13 heavy (non-hydrogen) atoms. The van der Waals surface area contributed by atoms with Gasteiger partial charge in [-0.25, -0.2) is 0 Å². The van der Waals surface area contributed by atoms with Gasteiger partial charge < -0.3 is 5.11 Å². The van der Waals surface area contributed by atoms with Gasteiger partial charge in [-0.2, -0.15) is 11.8 Å². The Kier molecular flexibility index (Phi) is 3.56. The van der Waals surface area contributed by atoms with Crippen LogP contribution in [0.1, 0.15) is 51.4 Å². The Hall–Kier alpha value is 0.310. The van der Waals surface area contributed by atoms with E-state index in [0.717, 1.165) is 11.7 Å². The Bertz CT molecular complexity index is 154. The largest absolute Gasteiger partial charge is 0.392 e. The van der Waals surface area contributed by atoms with E-state index in [1.807, 2.05) is 0 Å². The lowest BCUT2D eigenvalue weighted by molar-refractivity contribution is 0.187. The number of aliphatic hydroxyl groups is 1. The van der Waals surface area contributed by atoms with Crippen LogP contribution in [0, 0.1) is 0 Å². The minimum Gasteiger partial charge on any atom is -0.392 e. The molecule has 1 N–H and O–H groups in total. The molecule has 0 heterocycles. The van der Waals surface area contributed by atoms with Gasteiger partial charge in [0, 0.05) is 10.5 Å². The van der Waals surface area contributed by atoms with Crippen molar-refractivity contribution in [2.75, 3.05) is 0 Å². The van der Waals surface area contributed by atoms with Crippen molar-refractivity contribution >= 4 is 11.8 Å². The van der Waals surface area contributed by atoms with Crippen molar-refractivity contribution < 1.29 is 5.11 Å². The van der Waals surface area contributed by atoms with Gasteiger partial charge in [-0.3, -0.25) is 0 Å². The quantitative estimate of drug-likeness (QED) is 0.739. The van der Waals surface area contributed by atoms with E-state index < -0.39 is 0 Å². The molecule has 0 radical (unpaired) electrons. The Morgan fingerprint density at radius 1 is 0.846 bits per heavy atom. The molecule has 0 spiro atoms. The zero-order chi connectivity index (χ0) is 9.10. The van der Waals surface area contributed by atoms with Gasteiger partial charge in [0.2, 0.25) is 0 Å². The second-order valence-corrected chi connectivity index (χ2v) is 5.98. The minimum atomic E-state index is 0.00641. The van der Waals surface area contributed by atoms with E-state index in [0.29, 0.717) is 5.25 Å². The molecule has 1 nitrogen and oxygen atoms in total. The molecular formula is C11H20OS. The maximum absolute atomic E-state index is 9.70. The smallest absolute Gasteiger partial charge is 0.0658 e. The van der Waals surface area contributed by atoms with Gasteiger partial charge in [0.1, 0.15) is 0 Å².